The van der Waals surface area contributed by atoms with E-state index in [1.165, 1.54) is 17.0 Å². The van der Waals surface area contributed by atoms with Gasteiger partial charge >= 0.3 is 6.09 Å². The molecule has 0 aromatic heterocycles. The van der Waals surface area contributed by atoms with Crippen LogP contribution in [0.15, 0.2) is 24.3 Å². The summed E-state index contributed by atoms with van der Waals surface area (Å²) >= 11 is 0. The quantitative estimate of drug-likeness (QED) is 0.439. The van der Waals surface area contributed by atoms with Crippen molar-refractivity contribution in [3.8, 4) is 5.75 Å². The summed E-state index contributed by atoms with van der Waals surface area (Å²) in [5.41, 5.74) is 4.46. The van der Waals surface area contributed by atoms with Gasteiger partial charge in [0, 0.05) is 11.6 Å². The van der Waals surface area contributed by atoms with Crippen LogP contribution in [0.2, 0.25) is 0 Å². The predicted molar refractivity (Wildman–Crippen MR) is 130 cm³/mol. The van der Waals surface area contributed by atoms with Gasteiger partial charge in [-0.15, -0.1) is 0 Å². The molecule has 2 rings (SSSR count). The van der Waals surface area contributed by atoms with Gasteiger partial charge in [0.1, 0.15) is 23.4 Å². The Morgan fingerprint density at radius 1 is 1.11 bits per heavy atom. The molecule has 4 unspecified atom stereocenters. The first-order valence-electron chi connectivity index (χ1n) is 11.7. The van der Waals surface area contributed by atoms with Crippen LogP contribution < -0.4 is 16.4 Å². The maximum Gasteiger partial charge on any atom is 0.408 e. The first-order valence-corrected chi connectivity index (χ1v) is 11.7. The van der Waals surface area contributed by atoms with Gasteiger partial charge in [-0.1, -0.05) is 19.1 Å². The lowest BCUT2D eigenvalue weighted by molar-refractivity contribution is -0.144. The van der Waals surface area contributed by atoms with Crippen LogP contribution in [-0.2, 0) is 19.1 Å². The zero-order valence-corrected chi connectivity index (χ0v) is 21.5. The van der Waals surface area contributed by atoms with Crippen molar-refractivity contribution in [3.63, 3.8) is 0 Å². The van der Waals surface area contributed by atoms with E-state index in [0.717, 1.165) is 0 Å². The molecular formula is C25H38N4O6. The number of aromatic hydroxyl groups is 1. The number of phenolic OH excluding ortho intramolecular Hbond substituents is 1. The number of carbonyl (C=O) groups is 4. The molecule has 10 nitrogen and oxygen atoms in total. The van der Waals surface area contributed by atoms with E-state index >= 15 is 0 Å². The maximum absolute atomic E-state index is 13.9. The Morgan fingerprint density at radius 2 is 1.66 bits per heavy atom. The standard InChI is InChI=1S/C25H38N4O6/c1-14-12-18(14)29(22(33)17(13-19(26)31)27-23(34)35-25(5,6)7)20(21(32)28-24(2,3)4)15-8-10-16(30)11-9-15/h8-11,14,17-18,20,30H,12-13H2,1-7H3,(H2,26,31)(H,27,34)(H,28,32). The zero-order chi connectivity index (χ0) is 26.7. The minimum absolute atomic E-state index is 0.0135. The van der Waals surface area contributed by atoms with Gasteiger partial charge < -0.3 is 31.1 Å². The molecule has 1 aromatic carbocycles. The lowest BCUT2D eigenvalue weighted by atomic mass is 9.99. The first kappa shape index (κ1) is 27.9. The summed E-state index contributed by atoms with van der Waals surface area (Å²) in [6, 6.07) is 3.34. The summed E-state index contributed by atoms with van der Waals surface area (Å²) < 4.78 is 5.27. The number of hydrogen-bond donors (Lipinski definition) is 4. The van der Waals surface area contributed by atoms with E-state index in [1.54, 1.807) is 32.9 Å². The fourth-order valence-electron chi connectivity index (χ4n) is 3.74. The monoisotopic (exact) mass is 490 g/mol. The van der Waals surface area contributed by atoms with Gasteiger partial charge in [0.25, 0.3) is 0 Å². The molecule has 0 saturated heterocycles. The van der Waals surface area contributed by atoms with E-state index < -0.39 is 53.5 Å². The second kappa shape index (κ2) is 10.5. The SMILES string of the molecule is CC1CC1N(C(=O)C(CC(N)=O)NC(=O)OC(C)(C)C)C(C(=O)NC(C)(C)C)c1ccc(O)cc1. The number of rotatable bonds is 8. The molecule has 1 aliphatic carbocycles. The Labute approximate surface area is 206 Å². The Hall–Kier alpha value is -3.30. The van der Waals surface area contributed by atoms with Crippen molar-refractivity contribution in [2.45, 2.75) is 90.6 Å². The van der Waals surface area contributed by atoms with Gasteiger partial charge in [-0.25, -0.2) is 4.79 Å². The number of phenols is 1. The Morgan fingerprint density at radius 3 is 2.09 bits per heavy atom. The van der Waals surface area contributed by atoms with Gasteiger partial charge in [0.15, 0.2) is 0 Å². The highest BCUT2D eigenvalue weighted by molar-refractivity contribution is 5.95. The van der Waals surface area contributed by atoms with Crippen molar-refractivity contribution in [1.29, 1.82) is 0 Å². The van der Waals surface area contributed by atoms with Crippen LogP contribution in [0.5, 0.6) is 5.75 Å². The van der Waals surface area contributed by atoms with Crippen LogP contribution >= 0.6 is 0 Å². The van der Waals surface area contributed by atoms with E-state index in [1.807, 2.05) is 27.7 Å². The molecule has 1 saturated carbocycles. The molecule has 4 amide bonds. The number of nitrogens with two attached hydrogens (primary N) is 1. The third-order valence-corrected chi connectivity index (χ3v) is 5.31. The van der Waals surface area contributed by atoms with Crippen LogP contribution in [0.25, 0.3) is 0 Å². The van der Waals surface area contributed by atoms with Gasteiger partial charge in [0.2, 0.25) is 17.7 Å². The number of nitrogens with one attached hydrogen (secondary N) is 2. The summed E-state index contributed by atoms with van der Waals surface area (Å²) in [5.74, 6) is -1.71. The number of hydrogen-bond acceptors (Lipinski definition) is 6. The smallest absolute Gasteiger partial charge is 0.408 e. The molecule has 1 fully saturated rings. The van der Waals surface area contributed by atoms with Crippen LogP contribution in [0.1, 0.15) is 72.9 Å². The van der Waals surface area contributed by atoms with Crippen molar-refractivity contribution in [2.75, 3.05) is 0 Å². The molecule has 1 aliphatic rings. The van der Waals surface area contributed by atoms with E-state index in [4.69, 9.17) is 10.5 Å². The molecule has 0 heterocycles. The molecule has 10 heteroatoms. The molecule has 0 aliphatic heterocycles. The van der Waals surface area contributed by atoms with Gasteiger partial charge in [-0.3, -0.25) is 14.4 Å². The van der Waals surface area contributed by atoms with Crippen molar-refractivity contribution in [1.82, 2.24) is 15.5 Å². The minimum atomic E-state index is -1.32. The highest BCUT2D eigenvalue weighted by Gasteiger charge is 2.48. The second-order valence-electron chi connectivity index (χ2n) is 11.1. The number of carbonyl (C=O) groups excluding carboxylic acids is 4. The fourth-order valence-corrected chi connectivity index (χ4v) is 3.74. The Kier molecular flexibility index (Phi) is 8.41. The molecular weight excluding hydrogens is 452 g/mol. The molecule has 1 aromatic rings. The largest absolute Gasteiger partial charge is 0.508 e. The first-order chi connectivity index (χ1) is 16.0. The fraction of sp³-hybridized carbons (Fsp3) is 0.600. The van der Waals surface area contributed by atoms with E-state index in [-0.39, 0.29) is 17.7 Å². The number of benzene rings is 1. The van der Waals surface area contributed by atoms with Crippen molar-refractivity contribution in [2.24, 2.45) is 11.7 Å². The molecule has 0 spiro atoms. The molecule has 0 radical (unpaired) electrons. The number of primary amides is 1. The van der Waals surface area contributed by atoms with Crippen LogP contribution in [-0.4, -0.2) is 57.0 Å². The minimum Gasteiger partial charge on any atom is -0.508 e. The molecule has 5 N–H and O–H groups in total. The molecule has 194 valence electrons. The average molecular weight is 491 g/mol. The third kappa shape index (κ3) is 8.45. The van der Waals surface area contributed by atoms with Crippen LogP contribution in [0.3, 0.4) is 0 Å². The Bertz CT molecular complexity index is 948. The lowest BCUT2D eigenvalue weighted by Crippen LogP contribution is -2.56. The summed E-state index contributed by atoms with van der Waals surface area (Å²) in [6.45, 7) is 12.4. The van der Waals surface area contributed by atoms with Crippen molar-refractivity contribution >= 4 is 23.8 Å². The highest BCUT2D eigenvalue weighted by atomic mass is 16.6. The number of amides is 4. The zero-order valence-electron chi connectivity index (χ0n) is 21.5. The lowest BCUT2D eigenvalue weighted by Gasteiger charge is -2.36. The summed E-state index contributed by atoms with van der Waals surface area (Å²) in [7, 11) is 0. The van der Waals surface area contributed by atoms with E-state index in [0.29, 0.717) is 12.0 Å². The molecule has 35 heavy (non-hydrogen) atoms. The predicted octanol–water partition coefficient (Wildman–Crippen LogP) is 2.35. The Balaban J connectivity index is 2.50. The summed E-state index contributed by atoms with van der Waals surface area (Å²) in [4.78, 5) is 53.1. The number of alkyl carbamates (subject to hydrolysis) is 1. The van der Waals surface area contributed by atoms with E-state index in [2.05, 4.69) is 10.6 Å². The highest BCUT2D eigenvalue weighted by Crippen LogP contribution is 2.41. The van der Waals surface area contributed by atoms with Gasteiger partial charge in [0.05, 0.1) is 6.42 Å². The number of nitrogens with zero attached hydrogens (tertiary/aromatic N) is 1. The van der Waals surface area contributed by atoms with Crippen LogP contribution in [0.4, 0.5) is 4.79 Å². The topological polar surface area (TPSA) is 151 Å². The van der Waals surface area contributed by atoms with Crippen molar-refractivity contribution in [3.05, 3.63) is 29.8 Å². The van der Waals surface area contributed by atoms with Crippen molar-refractivity contribution < 1.29 is 29.0 Å². The maximum atomic E-state index is 13.9. The normalized spacial score (nSPS) is 19.2. The second-order valence-corrected chi connectivity index (χ2v) is 11.1. The van der Waals surface area contributed by atoms with Gasteiger partial charge in [-0.2, -0.15) is 0 Å². The van der Waals surface area contributed by atoms with Crippen LogP contribution in [0, 0.1) is 5.92 Å². The molecule has 4 atom stereocenters. The summed E-state index contributed by atoms with van der Waals surface area (Å²) in [6.07, 6.45) is -0.682. The summed E-state index contributed by atoms with van der Waals surface area (Å²) in [5, 5.41) is 15.1. The number of ether oxygens (including phenoxy) is 1. The molecule has 0 bridgehead atoms. The third-order valence-electron chi connectivity index (χ3n) is 5.31. The van der Waals surface area contributed by atoms with E-state index in [9.17, 15) is 24.3 Å². The van der Waals surface area contributed by atoms with Gasteiger partial charge in [-0.05, 0) is 71.6 Å². The average Bonchev–Trinajstić information content (AvgIpc) is 3.38.